The number of nitrogens with zero attached hydrogens (tertiary/aromatic N) is 1. The summed E-state index contributed by atoms with van der Waals surface area (Å²) >= 11 is 6.02. The van der Waals surface area contributed by atoms with E-state index in [2.05, 4.69) is 4.98 Å². The Bertz CT molecular complexity index is 798. The van der Waals surface area contributed by atoms with Gasteiger partial charge in [-0.2, -0.15) is 0 Å². The van der Waals surface area contributed by atoms with Crippen molar-refractivity contribution in [3.63, 3.8) is 0 Å². The number of hydrogen-bond donors (Lipinski definition) is 0. The number of benzene rings is 1. The number of alkyl halides is 2. The highest BCUT2D eigenvalue weighted by Gasteiger charge is 2.25. The first-order chi connectivity index (χ1) is 12.1. The van der Waals surface area contributed by atoms with Gasteiger partial charge in [0.2, 0.25) is 5.88 Å². The van der Waals surface area contributed by atoms with Crippen LogP contribution in [0.4, 0.5) is 8.78 Å². The first-order valence-corrected chi connectivity index (χ1v) is 8.52. The Morgan fingerprint density at radius 3 is 2.62 bits per heavy atom. The summed E-state index contributed by atoms with van der Waals surface area (Å²) in [4.78, 5) is 15.2. The molecule has 0 saturated heterocycles. The quantitative estimate of drug-likeness (QED) is 0.569. The highest BCUT2D eigenvalue weighted by Crippen LogP contribution is 2.35. The highest BCUT2D eigenvalue weighted by atomic mass is 35.5. The van der Waals surface area contributed by atoms with E-state index >= 15 is 0 Å². The van der Waals surface area contributed by atoms with Gasteiger partial charge in [0.05, 0.1) is 5.02 Å². The minimum atomic E-state index is -2.96. The third-order valence-electron chi connectivity index (χ3n) is 3.64. The summed E-state index contributed by atoms with van der Waals surface area (Å²) in [5.41, 5.74) is 0.683. The minimum Gasteiger partial charge on any atom is -0.437 e. The van der Waals surface area contributed by atoms with E-state index < -0.39 is 5.92 Å². The third-order valence-corrected chi connectivity index (χ3v) is 3.93. The van der Waals surface area contributed by atoms with Crippen molar-refractivity contribution < 1.29 is 18.3 Å². The average Bonchev–Trinajstić information content (AvgIpc) is 2.54. The summed E-state index contributed by atoms with van der Waals surface area (Å²) in [6, 6.07) is 7.32. The number of carbonyl (C=O) groups excluding carboxylic acids is 1. The SMILES string of the molecule is CC(=O)C[C@@H](C)/C=C/c1ccc(Oc2ccc(C(C)(F)F)cc2Cl)nc1. The third kappa shape index (κ3) is 5.92. The van der Waals surface area contributed by atoms with Gasteiger partial charge in [-0.05, 0) is 42.7 Å². The van der Waals surface area contributed by atoms with Crippen molar-refractivity contribution >= 4 is 23.5 Å². The van der Waals surface area contributed by atoms with Crippen molar-refractivity contribution in [1.82, 2.24) is 4.98 Å². The fraction of sp³-hybridized carbons (Fsp3) is 0.300. The van der Waals surface area contributed by atoms with E-state index in [1.807, 2.05) is 25.1 Å². The molecule has 0 amide bonds. The Labute approximate surface area is 156 Å². The minimum absolute atomic E-state index is 0.0906. The number of aromatic nitrogens is 1. The molecule has 0 fully saturated rings. The van der Waals surface area contributed by atoms with Crippen LogP contribution in [-0.2, 0) is 10.7 Å². The van der Waals surface area contributed by atoms with Crippen LogP contribution < -0.4 is 4.74 Å². The maximum absolute atomic E-state index is 13.3. The molecule has 0 spiro atoms. The molecule has 0 radical (unpaired) electrons. The second-order valence-electron chi connectivity index (χ2n) is 6.31. The van der Waals surface area contributed by atoms with Gasteiger partial charge in [0.1, 0.15) is 11.5 Å². The van der Waals surface area contributed by atoms with Gasteiger partial charge in [-0.3, -0.25) is 0 Å². The zero-order valence-corrected chi connectivity index (χ0v) is 15.6. The van der Waals surface area contributed by atoms with Crippen molar-refractivity contribution in [2.75, 3.05) is 0 Å². The van der Waals surface area contributed by atoms with Gasteiger partial charge in [-0.15, -0.1) is 0 Å². The molecule has 0 bridgehead atoms. The molecule has 1 heterocycles. The summed E-state index contributed by atoms with van der Waals surface area (Å²) in [6.45, 7) is 4.34. The van der Waals surface area contributed by atoms with Crippen LogP contribution in [0.3, 0.4) is 0 Å². The zero-order valence-electron chi connectivity index (χ0n) is 14.8. The molecule has 0 aliphatic heterocycles. The number of ether oxygens (including phenoxy) is 1. The molecule has 1 atom stereocenters. The molecule has 1 aromatic heterocycles. The van der Waals surface area contributed by atoms with Crippen molar-refractivity contribution in [3.8, 4) is 11.6 Å². The standard InChI is InChI=1S/C20H20ClF2NO2/c1-13(10-14(2)25)4-5-15-6-9-19(24-12-15)26-18-8-7-16(11-17(18)21)20(3,22)23/h4-9,11-13H,10H2,1-3H3/b5-4+/t13-/m0/s1. The van der Waals surface area contributed by atoms with Crippen molar-refractivity contribution in [1.29, 1.82) is 0 Å². The molecule has 6 heteroatoms. The number of rotatable bonds is 7. The summed E-state index contributed by atoms with van der Waals surface area (Å²) in [6.07, 6.45) is 5.94. The van der Waals surface area contributed by atoms with Gasteiger partial charge in [-0.25, -0.2) is 13.8 Å². The van der Waals surface area contributed by atoms with Crippen LogP contribution in [0.5, 0.6) is 11.6 Å². The average molecular weight is 380 g/mol. The molecule has 2 aromatic rings. The van der Waals surface area contributed by atoms with Crippen LogP contribution in [0, 0.1) is 5.92 Å². The molecule has 138 valence electrons. The summed E-state index contributed by atoms with van der Waals surface area (Å²) in [7, 11) is 0. The first-order valence-electron chi connectivity index (χ1n) is 8.14. The number of ketones is 1. The molecule has 0 aliphatic rings. The van der Waals surface area contributed by atoms with Crippen molar-refractivity contribution in [3.05, 3.63) is 58.8 Å². The van der Waals surface area contributed by atoms with Crippen molar-refractivity contribution in [2.24, 2.45) is 5.92 Å². The van der Waals surface area contributed by atoms with E-state index in [-0.39, 0.29) is 28.0 Å². The normalized spacial score (nSPS) is 13.0. The monoisotopic (exact) mass is 379 g/mol. The number of allylic oxidation sites excluding steroid dienone is 1. The van der Waals surface area contributed by atoms with E-state index in [9.17, 15) is 13.6 Å². The van der Waals surface area contributed by atoms with Gasteiger partial charge in [0.25, 0.3) is 5.92 Å². The van der Waals surface area contributed by atoms with Crippen LogP contribution in [-0.4, -0.2) is 10.8 Å². The molecule has 0 N–H and O–H groups in total. The molecular formula is C20H20ClF2NO2. The fourth-order valence-corrected chi connectivity index (χ4v) is 2.54. The number of hydrogen-bond acceptors (Lipinski definition) is 3. The van der Waals surface area contributed by atoms with Crippen LogP contribution in [0.25, 0.3) is 6.08 Å². The van der Waals surface area contributed by atoms with Gasteiger partial charge in [0.15, 0.2) is 0 Å². The van der Waals surface area contributed by atoms with E-state index in [4.69, 9.17) is 16.3 Å². The lowest BCUT2D eigenvalue weighted by Crippen LogP contribution is -2.06. The van der Waals surface area contributed by atoms with Crippen LogP contribution in [0.2, 0.25) is 5.02 Å². The Kier molecular flexibility index (Phi) is 6.48. The molecular weight excluding hydrogens is 360 g/mol. The Balaban J connectivity index is 2.05. The molecule has 0 unspecified atom stereocenters. The smallest absolute Gasteiger partial charge is 0.270 e. The molecule has 0 aliphatic carbocycles. The summed E-state index contributed by atoms with van der Waals surface area (Å²) in [5.74, 6) is -2.11. The number of carbonyl (C=O) groups is 1. The van der Waals surface area contributed by atoms with Crippen LogP contribution in [0.15, 0.2) is 42.6 Å². The zero-order chi connectivity index (χ0) is 19.3. The topological polar surface area (TPSA) is 39.2 Å². The highest BCUT2D eigenvalue weighted by molar-refractivity contribution is 6.32. The first kappa shape index (κ1) is 20.0. The maximum atomic E-state index is 13.3. The largest absolute Gasteiger partial charge is 0.437 e. The number of halogens is 3. The van der Waals surface area contributed by atoms with Gasteiger partial charge in [0, 0.05) is 31.2 Å². The Hall–Kier alpha value is -2.27. The molecule has 3 nitrogen and oxygen atoms in total. The number of Topliss-reactive ketones (excluding diaryl/α,β-unsaturated/α-hetero) is 1. The van der Waals surface area contributed by atoms with Crippen LogP contribution >= 0.6 is 11.6 Å². The van der Waals surface area contributed by atoms with Gasteiger partial charge < -0.3 is 9.53 Å². The molecule has 2 rings (SSSR count). The lowest BCUT2D eigenvalue weighted by Gasteiger charge is -2.13. The van der Waals surface area contributed by atoms with E-state index in [0.29, 0.717) is 12.3 Å². The van der Waals surface area contributed by atoms with Crippen molar-refractivity contribution in [2.45, 2.75) is 33.1 Å². The van der Waals surface area contributed by atoms with E-state index in [1.54, 1.807) is 19.2 Å². The van der Waals surface area contributed by atoms with Crippen LogP contribution in [0.1, 0.15) is 38.3 Å². The van der Waals surface area contributed by atoms with Gasteiger partial charge in [-0.1, -0.05) is 30.7 Å². The predicted octanol–water partition coefficient (Wildman–Crippen LogP) is 6.27. The Morgan fingerprint density at radius 1 is 1.35 bits per heavy atom. The molecule has 26 heavy (non-hydrogen) atoms. The summed E-state index contributed by atoms with van der Waals surface area (Å²) < 4.78 is 32.2. The molecule has 0 saturated carbocycles. The van der Waals surface area contributed by atoms with E-state index in [1.165, 1.54) is 18.2 Å². The second kappa shape index (κ2) is 8.41. The molecule has 1 aromatic carbocycles. The second-order valence-corrected chi connectivity index (χ2v) is 6.72. The van der Waals surface area contributed by atoms with Gasteiger partial charge >= 0.3 is 0 Å². The fourth-order valence-electron chi connectivity index (χ4n) is 2.32. The van der Waals surface area contributed by atoms with E-state index in [0.717, 1.165) is 12.5 Å². The lowest BCUT2D eigenvalue weighted by atomic mass is 10.0. The number of pyridine rings is 1. The maximum Gasteiger partial charge on any atom is 0.270 e. The lowest BCUT2D eigenvalue weighted by molar-refractivity contribution is -0.117. The Morgan fingerprint density at radius 2 is 2.08 bits per heavy atom. The predicted molar refractivity (Wildman–Crippen MR) is 98.8 cm³/mol. The summed E-state index contributed by atoms with van der Waals surface area (Å²) in [5, 5.41) is 0.0906.